The van der Waals surface area contributed by atoms with Crippen molar-refractivity contribution in [3.8, 4) is 5.75 Å². The highest BCUT2D eigenvalue weighted by Crippen LogP contribution is 2.21. The summed E-state index contributed by atoms with van der Waals surface area (Å²) < 4.78 is 11.3. The standard InChI is InChI=1S/C15H14BrNO3/c1-10-3-4-12(15(18)19-2)6-14(10)20-9-11-5-13(16)8-17-7-11/h3-8H,9H2,1-2H3. The van der Waals surface area contributed by atoms with Crippen molar-refractivity contribution in [1.29, 1.82) is 0 Å². The van der Waals surface area contributed by atoms with Crippen LogP contribution in [0.3, 0.4) is 0 Å². The summed E-state index contributed by atoms with van der Waals surface area (Å²) in [5.74, 6) is 0.284. The van der Waals surface area contributed by atoms with E-state index in [2.05, 4.69) is 20.9 Å². The Morgan fingerprint density at radius 3 is 2.80 bits per heavy atom. The van der Waals surface area contributed by atoms with Crippen molar-refractivity contribution in [1.82, 2.24) is 4.98 Å². The third-order valence-electron chi connectivity index (χ3n) is 2.77. The second-order valence-corrected chi connectivity index (χ2v) is 5.19. The minimum Gasteiger partial charge on any atom is -0.489 e. The van der Waals surface area contributed by atoms with Crippen LogP contribution in [0.4, 0.5) is 0 Å². The number of methoxy groups -OCH3 is 1. The molecule has 104 valence electrons. The first-order chi connectivity index (χ1) is 9.60. The minimum atomic E-state index is -0.376. The van der Waals surface area contributed by atoms with Crippen LogP contribution in [0.5, 0.6) is 5.75 Å². The molecular weight excluding hydrogens is 322 g/mol. The number of ether oxygens (including phenoxy) is 2. The van der Waals surface area contributed by atoms with Crippen molar-refractivity contribution in [2.75, 3.05) is 7.11 Å². The summed E-state index contributed by atoms with van der Waals surface area (Å²) >= 11 is 3.36. The molecule has 0 aliphatic rings. The fourth-order valence-electron chi connectivity index (χ4n) is 1.70. The van der Waals surface area contributed by atoms with Crippen LogP contribution in [0.1, 0.15) is 21.5 Å². The first-order valence-electron chi connectivity index (χ1n) is 6.01. The predicted molar refractivity (Wildman–Crippen MR) is 78.8 cm³/mol. The van der Waals surface area contributed by atoms with Gasteiger partial charge in [-0.15, -0.1) is 0 Å². The van der Waals surface area contributed by atoms with Gasteiger partial charge in [-0.25, -0.2) is 4.79 Å². The average Bonchev–Trinajstić information content (AvgIpc) is 2.45. The summed E-state index contributed by atoms with van der Waals surface area (Å²) in [6, 6.07) is 7.18. The van der Waals surface area contributed by atoms with Crippen molar-refractivity contribution in [3.63, 3.8) is 0 Å². The van der Waals surface area contributed by atoms with Gasteiger partial charge in [-0.3, -0.25) is 4.98 Å². The number of aromatic nitrogens is 1. The lowest BCUT2D eigenvalue weighted by molar-refractivity contribution is 0.0600. The maximum absolute atomic E-state index is 11.5. The Hall–Kier alpha value is -1.88. The molecule has 0 radical (unpaired) electrons. The van der Waals surface area contributed by atoms with Crippen molar-refractivity contribution >= 4 is 21.9 Å². The summed E-state index contributed by atoms with van der Waals surface area (Å²) in [6.45, 7) is 2.31. The van der Waals surface area contributed by atoms with Crippen molar-refractivity contribution in [2.45, 2.75) is 13.5 Å². The minimum absolute atomic E-state index is 0.376. The van der Waals surface area contributed by atoms with Crippen LogP contribution in [0, 0.1) is 6.92 Å². The molecule has 1 aromatic carbocycles. The summed E-state index contributed by atoms with van der Waals surface area (Å²) in [6.07, 6.45) is 3.46. The SMILES string of the molecule is COC(=O)c1ccc(C)c(OCc2cncc(Br)c2)c1. The van der Waals surface area contributed by atoms with E-state index in [9.17, 15) is 4.79 Å². The molecule has 2 aromatic rings. The van der Waals surface area contributed by atoms with Gasteiger partial charge in [0, 0.05) is 22.4 Å². The largest absolute Gasteiger partial charge is 0.489 e. The number of rotatable bonds is 4. The number of carbonyl (C=O) groups excluding carboxylic acids is 1. The van der Waals surface area contributed by atoms with Gasteiger partial charge < -0.3 is 9.47 Å². The molecule has 0 spiro atoms. The van der Waals surface area contributed by atoms with Crippen LogP contribution >= 0.6 is 15.9 Å². The van der Waals surface area contributed by atoms with Gasteiger partial charge in [0.25, 0.3) is 0 Å². The Morgan fingerprint density at radius 2 is 2.10 bits per heavy atom. The molecule has 0 saturated carbocycles. The topological polar surface area (TPSA) is 48.4 Å². The van der Waals surface area contributed by atoms with Gasteiger partial charge in [0.1, 0.15) is 12.4 Å². The summed E-state index contributed by atoms with van der Waals surface area (Å²) in [5.41, 5.74) is 2.38. The Balaban J connectivity index is 2.14. The number of hydrogen-bond acceptors (Lipinski definition) is 4. The summed E-state index contributed by atoms with van der Waals surface area (Å²) in [5, 5.41) is 0. The Morgan fingerprint density at radius 1 is 1.30 bits per heavy atom. The zero-order valence-corrected chi connectivity index (χ0v) is 12.8. The second kappa shape index (κ2) is 6.52. The Labute approximate surface area is 125 Å². The van der Waals surface area contributed by atoms with Gasteiger partial charge in [-0.2, -0.15) is 0 Å². The van der Waals surface area contributed by atoms with Gasteiger partial charge in [-0.05, 0) is 46.6 Å². The van der Waals surface area contributed by atoms with Gasteiger partial charge in [0.05, 0.1) is 12.7 Å². The highest BCUT2D eigenvalue weighted by molar-refractivity contribution is 9.10. The van der Waals surface area contributed by atoms with Crippen LogP contribution in [0.25, 0.3) is 0 Å². The quantitative estimate of drug-likeness (QED) is 0.802. The average molecular weight is 336 g/mol. The number of pyridine rings is 1. The molecule has 0 unspecified atom stereocenters. The lowest BCUT2D eigenvalue weighted by Gasteiger charge is -2.10. The predicted octanol–water partition coefficient (Wildman–Crippen LogP) is 3.52. The first-order valence-corrected chi connectivity index (χ1v) is 6.80. The monoisotopic (exact) mass is 335 g/mol. The van der Waals surface area contributed by atoms with E-state index < -0.39 is 0 Å². The molecule has 2 rings (SSSR count). The lowest BCUT2D eigenvalue weighted by atomic mass is 10.1. The number of carbonyl (C=O) groups is 1. The maximum Gasteiger partial charge on any atom is 0.337 e. The van der Waals surface area contributed by atoms with E-state index in [0.717, 1.165) is 15.6 Å². The van der Waals surface area contributed by atoms with Crippen molar-refractivity contribution < 1.29 is 14.3 Å². The number of nitrogens with zero attached hydrogens (tertiary/aromatic N) is 1. The van der Waals surface area contributed by atoms with Gasteiger partial charge >= 0.3 is 5.97 Å². The van der Waals surface area contributed by atoms with Crippen LogP contribution in [0.15, 0.2) is 41.1 Å². The molecule has 0 saturated heterocycles. The van der Waals surface area contributed by atoms with Gasteiger partial charge in [0.15, 0.2) is 0 Å². The zero-order valence-electron chi connectivity index (χ0n) is 11.2. The summed E-state index contributed by atoms with van der Waals surface area (Å²) in [4.78, 5) is 15.6. The highest BCUT2D eigenvalue weighted by atomic mass is 79.9. The molecule has 20 heavy (non-hydrogen) atoms. The van der Waals surface area contributed by atoms with Crippen LogP contribution in [0.2, 0.25) is 0 Å². The number of benzene rings is 1. The molecule has 0 amide bonds. The molecule has 0 bridgehead atoms. The fraction of sp³-hybridized carbons (Fsp3) is 0.200. The Kier molecular flexibility index (Phi) is 4.74. The number of halogens is 1. The molecule has 0 aliphatic heterocycles. The van der Waals surface area contributed by atoms with Crippen molar-refractivity contribution in [2.24, 2.45) is 0 Å². The van der Waals surface area contributed by atoms with Gasteiger partial charge in [-0.1, -0.05) is 6.07 Å². The molecule has 0 aliphatic carbocycles. The molecule has 4 nitrogen and oxygen atoms in total. The third kappa shape index (κ3) is 3.57. The van der Waals surface area contributed by atoms with Gasteiger partial charge in [0.2, 0.25) is 0 Å². The molecule has 1 aromatic heterocycles. The molecule has 0 fully saturated rings. The van der Waals surface area contributed by atoms with E-state index in [1.165, 1.54) is 7.11 Å². The van der Waals surface area contributed by atoms with E-state index in [1.807, 2.05) is 19.1 Å². The van der Waals surface area contributed by atoms with Crippen LogP contribution in [-0.4, -0.2) is 18.1 Å². The third-order valence-corrected chi connectivity index (χ3v) is 3.20. The molecule has 0 atom stereocenters. The van der Waals surface area contributed by atoms with E-state index >= 15 is 0 Å². The second-order valence-electron chi connectivity index (χ2n) is 4.27. The maximum atomic E-state index is 11.5. The molecule has 1 heterocycles. The normalized spacial score (nSPS) is 10.2. The fourth-order valence-corrected chi connectivity index (χ4v) is 2.11. The highest BCUT2D eigenvalue weighted by Gasteiger charge is 2.09. The first kappa shape index (κ1) is 14.5. The van der Waals surface area contributed by atoms with E-state index in [0.29, 0.717) is 17.9 Å². The number of esters is 1. The number of hydrogen-bond donors (Lipinski definition) is 0. The molecule has 0 N–H and O–H groups in total. The van der Waals surface area contributed by atoms with E-state index in [1.54, 1.807) is 24.5 Å². The summed E-state index contributed by atoms with van der Waals surface area (Å²) in [7, 11) is 1.36. The Bertz CT molecular complexity index is 628. The van der Waals surface area contributed by atoms with Crippen molar-refractivity contribution in [3.05, 3.63) is 57.8 Å². The van der Waals surface area contributed by atoms with E-state index in [-0.39, 0.29) is 5.97 Å². The molecular formula is C15H14BrNO3. The lowest BCUT2D eigenvalue weighted by Crippen LogP contribution is -2.03. The van der Waals surface area contributed by atoms with E-state index in [4.69, 9.17) is 9.47 Å². The zero-order chi connectivity index (χ0) is 14.5. The number of aryl methyl sites for hydroxylation is 1. The van der Waals surface area contributed by atoms with Crippen LogP contribution in [-0.2, 0) is 11.3 Å². The smallest absolute Gasteiger partial charge is 0.337 e. The van der Waals surface area contributed by atoms with Crippen LogP contribution < -0.4 is 4.74 Å². The molecule has 5 heteroatoms.